The van der Waals surface area contributed by atoms with Crippen LogP contribution in [0.15, 0.2) is 71.2 Å². The number of thiophene rings is 1. The molecule has 2 amide bonds. The predicted molar refractivity (Wildman–Crippen MR) is 131 cm³/mol. The molecule has 0 fully saturated rings. The first-order valence-electron chi connectivity index (χ1n) is 9.95. The van der Waals surface area contributed by atoms with Crippen LogP contribution in [-0.2, 0) is 11.8 Å². The number of aromatic nitrogens is 3. The number of nitrogens with one attached hydrogen (secondary N) is 2. The topological polar surface area (TPSA) is 98.1 Å². The third-order valence-electron chi connectivity index (χ3n) is 4.68. The van der Waals surface area contributed by atoms with E-state index in [2.05, 4.69) is 20.8 Å². The monoisotopic (exact) mass is 479 g/mol. The van der Waals surface area contributed by atoms with Crippen LogP contribution in [-0.4, -0.2) is 39.4 Å². The van der Waals surface area contributed by atoms with Crippen LogP contribution in [0.4, 0.5) is 11.4 Å². The van der Waals surface area contributed by atoms with Crippen molar-refractivity contribution >= 4 is 46.3 Å². The van der Waals surface area contributed by atoms with Crippen LogP contribution in [0.25, 0.3) is 10.7 Å². The van der Waals surface area contributed by atoms with Gasteiger partial charge in [0.05, 0.1) is 23.4 Å². The summed E-state index contributed by atoms with van der Waals surface area (Å²) >= 11 is 2.87. The van der Waals surface area contributed by atoms with Gasteiger partial charge in [-0.1, -0.05) is 36.0 Å². The number of carbonyl (C=O) groups is 2. The summed E-state index contributed by atoms with van der Waals surface area (Å²) in [5.74, 6) is 0.921. The lowest BCUT2D eigenvalue weighted by Gasteiger charge is -2.13. The van der Waals surface area contributed by atoms with E-state index in [4.69, 9.17) is 4.74 Å². The molecule has 4 aromatic rings. The summed E-state index contributed by atoms with van der Waals surface area (Å²) in [4.78, 5) is 26.1. The minimum atomic E-state index is -0.238. The molecule has 0 aliphatic rings. The molecule has 4 rings (SSSR count). The van der Waals surface area contributed by atoms with Crippen LogP contribution in [0.5, 0.6) is 5.75 Å². The van der Waals surface area contributed by atoms with Crippen molar-refractivity contribution in [3.8, 4) is 16.5 Å². The van der Waals surface area contributed by atoms with Crippen molar-refractivity contribution in [2.75, 3.05) is 23.5 Å². The second kappa shape index (κ2) is 10.3. The molecule has 0 spiro atoms. The smallest absolute Gasteiger partial charge is 0.255 e. The van der Waals surface area contributed by atoms with Crippen LogP contribution in [0.2, 0.25) is 0 Å². The number of anilines is 2. The number of methoxy groups -OCH3 is 1. The zero-order chi connectivity index (χ0) is 23.2. The Balaban J connectivity index is 1.41. The van der Waals surface area contributed by atoms with Crippen molar-refractivity contribution in [1.29, 1.82) is 0 Å². The van der Waals surface area contributed by atoms with Gasteiger partial charge in [-0.2, -0.15) is 0 Å². The Labute approximate surface area is 199 Å². The highest BCUT2D eigenvalue weighted by molar-refractivity contribution is 7.99. The van der Waals surface area contributed by atoms with E-state index in [1.165, 1.54) is 18.9 Å². The van der Waals surface area contributed by atoms with Crippen molar-refractivity contribution in [1.82, 2.24) is 14.8 Å². The number of hydrogen-bond acceptors (Lipinski definition) is 7. The number of rotatable bonds is 8. The van der Waals surface area contributed by atoms with Crippen LogP contribution in [0.3, 0.4) is 0 Å². The molecule has 0 bridgehead atoms. The van der Waals surface area contributed by atoms with Gasteiger partial charge in [0.25, 0.3) is 5.91 Å². The van der Waals surface area contributed by atoms with E-state index in [-0.39, 0.29) is 17.6 Å². The summed E-state index contributed by atoms with van der Waals surface area (Å²) in [6.45, 7) is 0. The Bertz CT molecular complexity index is 1260. The highest BCUT2D eigenvalue weighted by Crippen LogP contribution is 2.29. The second-order valence-electron chi connectivity index (χ2n) is 6.91. The lowest BCUT2D eigenvalue weighted by molar-refractivity contribution is -0.113. The number of ether oxygens (including phenoxy) is 1. The highest BCUT2D eigenvalue weighted by atomic mass is 32.2. The van der Waals surface area contributed by atoms with Gasteiger partial charge in [-0.25, -0.2) is 0 Å². The largest absolute Gasteiger partial charge is 0.495 e. The van der Waals surface area contributed by atoms with Crippen molar-refractivity contribution in [2.45, 2.75) is 5.16 Å². The third kappa shape index (κ3) is 5.41. The molecule has 2 heterocycles. The maximum absolute atomic E-state index is 12.6. The van der Waals surface area contributed by atoms with Gasteiger partial charge in [0, 0.05) is 18.3 Å². The maximum Gasteiger partial charge on any atom is 0.255 e. The summed E-state index contributed by atoms with van der Waals surface area (Å²) in [7, 11) is 3.39. The third-order valence-corrected chi connectivity index (χ3v) is 6.56. The van der Waals surface area contributed by atoms with E-state index in [0.29, 0.717) is 27.8 Å². The molecule has 0 aliphatic heterocycles. The molecule has 0 radical (unpaired) electrons. The zero-order valence-corrected chi connectivity index (χ0v) is 19.6. The van der Waals surface area contributed by atoms with Crippen molar-refractivity contribution in [2.24, 2.45) is 7.05 Å². The molecule has 2 aromatic carbocycles. The van der Waals surface area contributed by atoms with E-state index < -0.39 is 0 Å². The van der Waals surface area contributed by atoms with Gasteiger partial charge < -0.3 is 19.9 Å². The molecular formula is C23H21N5O3S2. The average molecular weight is 480 g/mol. The molecule has 10 heteroatoms. The van der Waals surface area contributed by atoms with Crippen molar-refractivity contribution in [3.05, 3.63) is 71.6 Å². The fourth-order valence-electron chi connectivity index (χ4n) is 3.05. The Kier molecular flexibility index (Phi) is 7.06. The SMILES string of the molecule is COc1ccc(NC(=O)c2ccccc2)cc1NC(=O)CSc1nnc(-c2cccs2)n1C. The first-order valence-corrected chi connectivity index (χ1v) is 11.8. The van der Waals surface area contributed by atoms with Gasteiger partial charge in [-0.05, 0) is 41.8 Å². The molecule has 0 aliphatic carbocycles. The van der Waals surface area contributed by atoms with Gasteiger partial charge in [-0.15, -0.1) is 21.5 Å². The zero-order valence-electron chi connectivity index (χ0n) is 17.9. The minimum Gasteiger partial charge on any atom is -0.495 e. The average Bonchev–Trinajstić information content (AvgIpc) is 3.48. The van der Waals surface area contributed by atoms with E-state index >= 15 is 0 Å². The van der Waals surface area contributed by atoms with E-state index in [1.54, 1.807) is 53.8 Å². The van der Waals surface area contributed by atoms with Crippen LogP contribution >= 0.6 is 23.1 Å². The number of benzene rings is 2. The molecule has 33 heavy (non-hydrogen) atoms. The van der Waals surface area contributed by atoms with Crippen LogP contribution < -0.4 is 15.4 Å². The molecular weight excluding hydrogens is 458 g/mol. The fraction of sp³-hybridized carbons (Fsp3) is 0.130. The molecule has 0 atom stereocenters. The van der Waals surface area contributed by atoms with Crippen LogP contribution in [0, 0.1) is 0 Å². The number of hydrogen-bond donors (Lipinski definition) is 2. The number of amides is 2. The minimum absolute atomic E-state index is 0.139. The molecule has 168 valence electrons. The number of thioether (sulfide) groups is 1. The van der Waals surface area contributed by atoms with Gasteiger partial charge in [0.1, 0.15) is 5.75 Å². The van der Waals surface area contributed by atoms with E-state index in [0.717, 1.165) is 10.7 Å². The van der Waals surface area contributed by atoms with Gasteiger partial charge in [0.15, 0.2) is 11.0 Å². The summed E-state index contributed by atoms with van der Waals surface area (Å²) < 4.78 is 7.22. The number of nitrogens with zero attached hydrogens (tertiary/aromatic N) is 3. The Morgan fingerprint density at radius 1 is 1.06 bits per heavy atom. The second-order valence-corrected chi connectivity index (χ2v) is 8.80. The Morgan fingerprint density at radius 2 is 1.88 bits per heavy atom. The van der Waals surface area contributed by atoms with Crippen molar-refractivity contribution in [3.63, 3.8) is 0 Å². The molecule has 0 saturated carbocycles. The quantitative estimate of drug-likeness (QED) is 0.360. The first kappa shape index (κ1) is 22.6. The van der Waals surface area contributed by atoms with E-state index in [1.807, 2.05) is 35.2 Å². The predicted octanol–water partition coefficient (Wildman–Crippen LogP) is 4.54. The Hall–Kier alpha value is -3.63. The van der Waals surface area contributed by atoms with Gasteiger partial charge in [-0.3, -0.25) is 9.59 Å². The van der Waals surface area contributed by atoms with Gasteiger partial charge >= 0.3 is 0 Å². The maximum atomic E-state index is 12.6. The lowest BCUT2D eigenvalue weighted by Crippen LogP contribution is -2.16. The Morgan fingerprint density at radius 3 is 2.61 bits per heavy atom. The highest BCUT2D eigenvalue weighted by Gasteiger charge is 2.15. The summed E-state index contributed by atoms with van der Waals surface area (Å²) in [6, 6.07) is 17.9. The standard InChI is InChI=1S/C23H21N5O3S2/c1-28-21(19-9-6-12-32-19)26-27-23(28)33-14-20(29)25-17-13-16(10-11-18(17)31-2)24-22(30)15-7-4-3-5-8-15/h3-13H,14H2,1-2H3,(H,24,30)(H,25,29). The van der Waals surface area contributed by atoms with E-state index in [9.17, 15) is 9.59 Å². The summed E-state index contributed by atoms with van der Waals surface area (Å²) in [5, 5.41) is 16.7. The first-order chi connectivity index (χ1) is 16.0. The molecule has 2 N–H and O–H groups in total. The lowest BCUT2D eigenvalue weighted by atomic mass is 10.2. The number of carbonyl (C=O) groups excluding carboxylic acids is 2. The molecule has 8 nitrogen and oxygen atoms in total. The normalized spacial score (nSPS) is 10.6. The van der Waals surface area contributed by atoms with Gasteiger partial charge in [0.2, 0.25) is 5.91 Å². The molecule has 2 aromatic heterocycles. The van der Waals surface area contributed by atoms with Crippen LogP contribution in [0.1, 0.15) is 10.4 Å². The fourth-order valence-corrected chi connectivity index (χ4v) is 4.51. The van der Waals surface area contributed by atoms with Crippen molar-refractivity contribution < 1.29 is 14.3 Å². The summed E-state index contributed by atoms with van der Waals surface area (Å²) in [5.41, 5.74) is 1.55. The molecule has 0 saturated heterocycles. The summed E-state index contributed by atoms with van der Waals surface area (Å²) in [6.07, 6.45) is 0. The molecule has 0 unspecified atom stereocenters.